The van der Waals surface area contributed by atoms with Crippen LogP contribution in [0.2, 0.25) is 0 Å². The van der Waals surface area contributed by atoms with Crippen molar-refractivity contribution >= 4 is 33.2 Å². The van der Waals surface area contributed by atoms with Gasteiger partial charge in [0.05, 0.1) is 24.4 Å². The van der Waals surface area contributed by atoms with Gasteiger partial charge < -0.3 is 4.74 Å². The Kier molecular flexibility index (Phi) is 5.33. The van der Waals surface area contributed by atoms with Crippen LogP contribution in [0.5, 0.6) is 5.75 Å². The molecule has 2 aromatic carbocycles. The molecule has 0 aromatic heterocycles. The summed E-state index contributed by atoms with van der Waals surface area (Å²) in [6.07, 6.45) is 0.933. The van der Waals surface area contributed by atoms with Crippen LogP contribution in [0, 0.1) is 11.3 Å². The molecule has 0 unspecified atom stereocenters. The van der Waals surface area contributed by atoms with Gasteiger partial charge >= 0.3 is 0 Å². The number of benzene rings is 2. The molecule has 0 spiro atoms. The second-order valence-corrected chi connectivity index (χ2v) is 7.76. The van der Waals surface area contributed by atoms with Crippen LogP contribution in [0.1, 0.15) is 24.8 Å². The number of hydrogen-bond donors (Lipinski definition) is 1. The zero-order valence-electron chi connectivity index (χ0n) is 15.0. The number of rotatable bonds is 5. The molecule has 28 heavy (non-hydrogen) atoms. The van der Waals surface area contributed by atoms with Gasteiger partial charge in [-0.2, -0.15) is 5.26 Å². The number of nitrogens with zero attached hydrogens (tertiary/aromatic N) is 2. The Morgan fingerprint density at radius 3 is 2.29 bits per heavy atom. The van der Waals surface area contributed by atoms with Crippen LogP contribution in [0.3, 0.4) is 0 Å². The molecule has 1 N–H and O–H groups in total. The van der Waals surface area contributed by atoms with Crippen LogP contribution in [0.4, 0.5) is 11.4 Å². The number of piperidine rings is 1. The fourth-order valence-electron chi connectivity index (χ4n) is 2.88. The molecule has 0 bridgehead atoms. The molecule has 3 rings (SSSR count). The number of hydrogen-bond acceptors (Lipinski definition) is 6. The molecule has 1 heterocycles. The third kappa shape index (κ3) is 3.82. The Morgan fingerprint density at radius 2 is 1.71 bits per heavy atom. The Morgan fingerprint density at radius 1 is 1.07 bits per heavy atom. The molecular weight excluding hydrogens is 382 g/mol. The van der Waals surface area contributed by atoms with Crippen molar-refractivity contribution in [2.75, 3.05) is 16.7 Å². The van der Waals surface area contributed by atoms with Gasteiger partial charge in [0.25, 0.3) is 10.0 Å². The van der Waals surface area contributed by atoms with Gasteiger partial charge in [0.2, 0.25) is 11.8 Å². The molecular formula is C19H17N3O5S. The van der Waals surface area contributed by atoms with Crippen LogP contribution in [0.25, 0.3) is 0 Å². The summed E-state index contributed by atoms with van der Waals surface area (Å²) in [5.74, 6) is -0.670. The fraction of sp³-hybridized carbons (Fsp3) is 0.211. The van der Waals surface area contributed by atoms with E-state index in [-0.39, 0.29) is 46.7 Å². The molecule has 9 heteroatoms. The Balaban J connectivity index is 2.00. The van der Waals surface area contributed by atoms with Crippen LogP contribution in [0.15, 0.2) is 47.4 Å². The lowest BCUT2D eigenvalue weighted by molar-refractivity contribution is -0.129. The summed E-state index contributed by atoms with van der Waals surface area (Å²) in [7, 11) is -2.75. The maximum absolute atomic E-state index is 12.9. The van der Waals surface area contributed by atoms with Crippen molar-refractivity contribution < 1.29 is 22.7 Å². The van der Waals surface area contributed by atoms with Gasteiger partial charge in [-0.25, -0.2) is 8.42 Å². The minimum atomic E-state index is -4.08. The fourth-order valence-corrected chi connectivity index (χ4v) is 4.13. The third-order valence-corrected chi connectivity index (χ3v) is 5.64. The lowest BCUT2D eigenvalue weighted by atomic mass is 10.1. The van der Waals surface area contributed by atoms with E-state index in [1.807, 2.05) is 6.07 Å². The highest BCUT2D eigenvalue weighted by Gasteiger charge is 2.29. The van der Waals surface area contributed by atoms with E-state index in [9.17, 15) is 18.0 Å². The van der Waals surface area contributed by atoms with Crippen molar-refractivity contribution in [1.29, 1.82) is 5.26 Å². The summed E-state index contributed by atoms with van der Waals surface area (Å²) in [6.45, 7) is 0. The monoisotopic (exact) mass is 399 g/mol. The molecule has 144 valence electrons. The van der Waals surface area contributed by atoms with Crippen LogP contribution in [-0.4, -0.2) is 27.3 Å². The number of amides is 2. The smallest absolute Gasteiger partial charge is 0.265 e. The minimum Gasteiger partial charge on any atom is -0.495 e. The molecule has 0 aliphatic carbocycles. The van der Waals surface area contributed by atoms with Gasteiger partial charge in [-0.05, 0) is 48.9 Å². The lowest BCUT2D eigenvalue weighted by Gasteiger charge is -2.25. The van der Waals surface area contributed by atoms with Gasteiger partial charge in [0.15, 0.2) is 0 Å². The first kappa shape index (κ1) is 19.4. The normalized spacial score (nSPS) is 14.5. The number of sulfonamides is 1. The highest BCUT2D eigenvalue weighted by atomic mass is 32.2. The highest BCUT2D eigenvalue weighted by molar-refractivity contribution is 7.92. The number of nitrogens with one attached hydrogen (secondary N) is 1. The van der Waals surface area contributed by atoms with E-state index in [1.54, 1.807) is 0 Å². The molecule has 0 atom stereocenters. The largest absolute Gasteiger partial charge is 0.495 e. The summed E-state index contributed by atoms with van der Waals surface area (Å²) in [5, 5.41) is 8.84. The summed E-state index contributed by atoms with van der Waals surface area (Å²) < 4.78 is 33.3. The summed E-state index contributed by atoms with van der Waals surface area (Å²) in [5.41, 5.74) is 0.830. The van der Waals surface area contributed by atoms with Crippen LogP contribution in [-0.2, 0) is 19.6 Å². The zero-order valence-corrected chi connectivity index (χ0v) is 15.8. The van der Waals surface area contributed by atoms with E-state index >= 15 is 0 Å². The Bertz CT molecular complexity index is 1060. The second kappa shape index (κ2) is 7.70. The molecule has 1 fully saturated rings. The van der Waals surface area contributed by atoms with Gasteiger partial charge in [-0.15, -0.1) is 0 Å². The molecule has 1 aliphatic rings. The number of carbonyl (C=O) groups is 2. The van der Waals surface area contributed by atoms with E-state index in [1.165, 1.54) is 49.6 Å². The van der Waals surface area contributed by atoms with Crippen molar-refractivity contribution in [3.05, 3.63) is 48.0 Å². The molecule has 2 aromatic rings. The Hall–Kier alpha value is -3.38. The standard InChI is InChI=1S/C19H17N3O5S/c1-27-16-10-9-15(22-18(23)3-2-4-19(22)24)11-17(16)28(25,26)21-14-7-5-13(12-20)6-8-14/h5-11,21H,2-4H2,1H3. The van der Waals surface area contributed by atoms with E-state index in [4.69, 9.17) is 10.00 Å². The number of nitriles is 1. The van der Waals surface area contributed by atoms with E-state index < -0.39 is 10.0 Å². The second-order valence-electron chi connectivity index (χ2n) is 6.11. The van der Waals surface area contributed by atoms with Gasteiger partial charge in [-0.3, -0.25) is 19.2 Å². The third-order valence-electron chi connectivity index (χ3n) is 4.24. The first-order valence-electron chi connectivity index (χ1n) is 8.42. The van der Waals surface area contributed by atoms with Crippen LogP contribution < -0.4 is 14.4 Å². The maximum atomic E-state index is 12.9. The molecule has 0 radical (unpaired) electrons. The van der Waals surface area contributed by atoms with Crippen molar-refractivity contribution in [2.45, 2.75) is 24.2 Å². The van der Waals surface area contributed by atoms with Gasteiger partial charge in [0.1, 0.15) is 10.6 Å². The highest BCUT2D eigenvalue weighted by Crippen LogP contribution is 2.32. The van der Waals surface area contributed by atoms with E-state index in [0.717, 1.165) is 4.90 Å². The van der Waals surface area contributed by atoms with Crippen LogP contribution >= 0.6 is 0 Å². The summed E-state index contributed by atoms with van der Waals surface area (Å²) in [6, 6.07) is 12.0. The van der Waals surface area contributed by atoms with Gasteiger partial charge in [0, 0.05) is 18.5 Å². The predicted molar refractivity (Wildman–Crippen MR) is 101 cm³/mol. The minimum absolute atomic E-state index is 0.0711. The number of ether oxygens (including phenoxy) is 1. The van der Waals surface area contributed by atoms with E-state index in [2.05, 4.69) is 4.72 Å². The molecule has 2 amide bonds. The number of methoxy groups -OCH3 is 1. The SMILES string of the molecule is COc1ccc(N2C(=O)CCCC2=O)cc1S(=O)(=O)Nc1ccc(C#N)cc1. The molecule has 1 saturated heterocycles. The average Bonchev–Trinajstić information content (AvgIpc) is 2.68. The lowest BCUT2D eigenvalue weighted by Crippen LogP contribution is -2.40. The topological polar surface area (TPSA) is 117 Å². The molecule has 0 saturated carbocycles. The molecule has 1 aliphatic heterocycles. The van der Waals surface area contributed by atoms with Crippen molar-refractivity contribution in [1.82, 2.24) is 0 Å². The number of anilines is 2. The molecule has 8 nitrogen and oxygen atoms in total. The summed E-state index contributed by atoms with van der Waals surface area (Å²) >= 11 is 0. The Labute approximate surface area is 162 Å². The van der Waals surface area contributed by atoms with E-state index in [0.29, 0.717) is 12.0 Å². The first-order chi connectivity index (χ1) is 13.4. The first-order valence-corrected chi connectivity index (χ1v) is 9.91. The van der Waals surface area contributed by atoms with Crippen molar-refractivity contribution in [2.24, 2.45) is 0 Å². The number of carbonyl (C=O) groups excluding carboxylic acids is 2. The predicted octanol–water partition coefficient (Wildman–Crippen LogP) is 2.41. The zero-order chi connectivity index (χ0) is 20.3. The maximum Gasteiger partial charge on any atom is 0.265 e. The van der Waals surface area contributed by atoms with Crippen molar-refractivity contribution in [3.63, 3.8) is 0 Å². The summed E-state index contributed by atoms with van der Waals surface area (Å²) in [4.78, 5) is 25.1. The van der Waals surface area contributed by atoms with Gasteiger partial charge in [-0.1, -0.05) is 0 Å². The quantitative estimate of drug-likeness (QED) is 0.772. The van der Waals surface area contributed by atoms with Crippen molar-refractivity contribution in [3.8, 4) is 11.8 Å². The average molecular weight is 399 g/mol. The number of imide groups is 1.